The zero-order valence-electron chi connectivity index (χ0n) is 11.7. The van der Waals surface area contributed by atoms with E-state index in [1.54, 1.807) is 0 Å². The third-order valence-corrected chi connectivity index (χ3v) is 37.1. The highest BCUT2D eigenvalue weighted by atomic mass is 127. The predicted octanol–water partition coefficient (Wildman–Crippen LogP) is 4.89. The zero-order valence-corrected chi connectivity index (χ0v) is 16.8. The van der Waals surface area contributed by atoms with E-state index in [0.29, 0.717) is 2.29 Å². The summed E-state index contributed by atoms with van der Waals surface area (Å²) in [7, 11) is -3.66. The van der Waals surface area contributed by atoms with Crippen molar-refractivity contribution in [2.45, 2.75) is 54.7 Å². The molecule has 4 heteroatoms. The van der Waals surface area contributed by atoms with Crippen LogP contribution in [0.1, 0.15) is 0 Å². The average Bonchev–Trinajstić information content (AvgIpc) is 1.98. The monoisotopic (exact) mass is 370 g/mol. The van der Waals surface area contributed by atoms with Gasteiger partial charge in [-0.05, 0) is 0 Å². The molecule has 0 spiro atoms. The molecule has 15 heavy (non-hydrogen) atoms. The van der Waals surface area contributed by atoms with Crippen molar-refractivity contribution in [2.75, 3.05) is 0 Å². The average molecular weight is 370 g/mol. The van der Waals surface area contributed by atoms with Crippen molar-refractivity contribution in [1.82, 2.24) is 0 Å². The first-order valence-corrected chi connectivity index (χ1v) is 16.8. The molecule has 0 nitrogen and oxygen atoms in total. The summed E-state index contributed by atoms with van der Waals surface area (Å²) in [6.07, 6.45) is 0. The smallest absolute Gasteiger partial charge is 0.0819 e. The summed E-state index contributed by atoms with van der Waals surface area (Å²) in [5.41, 5.74) is 2.32. The van der Waals surface area contributed by atoms with Gasteiger partial charge in [-0.1, -0.05) is 75.0 Å². The first-order valence-electron chi connectivity index (χ1n) is 5.64. The topological polar surface area (TPSA) is 0 Å². The number of halogens is 1. The maximum Gasteiger partial charge on any atom is 0.0819 e. The lowest BCUT2D eigenvalue weighted by Crippen LogP contribution is -2.74. The minimum Gasteiger partial charge on any atom is -0.107 e. The van der Waals surface area contributed by atoms with E-state index in [1.165, 1.54) is 0 Å². The highest BCUT2D eigenvalue weighted by Crippen LogP contribution is 2.46. The van der Waals surface area contributed by atoms with Crippen LogP contribution >= 0.6 is 22.6 Å². The first-order chi connectivity index (χ1) is 6.31. The normalized spacial score (nSPS) is 15.3. The maximum absolute atomic E-state index is 4.13. The fourth-order valence-electron chi connectivity index (χ4n) is 3.20. The summed E-state index contributed by atoms with van der Waals surface area (Å²) in [4.78, 5) is 0. The predicted molar refractivity (Wildman–Crippen MR) is 91.1 cm³/mol. The van der Waals surface area contributed by atoms with Crippen molar-refractivity contribution in [2.24, 2.45) is 0 Å². The Bertz CT molecular complexity index is 232. The van der Waals surface area contributed by atoms with Gasteiger partial charge in [0.1, 0.15) is 0 Å². The van der Waals surface area contributed by atoms with Crippen LogP contribution in [0.2, 0.25) is 52.4 Å². The van der Waals surface area contributed by atoms with Crippen LogP contribution in [0.4, 0.5) is 0 Å². The summed E-state index contributed by atoms with van der Waals surface area (Å²) in [5, 5.41) is 0. The lowest BCUT2D eigenvalue weighted by Gasteiger charge is -2.55. The van der Waals surface area contributed by atoms with E-state index in [4.69, 9.17) is 0 Å². The standard InChI is InChI=1S/C11H27ISi3/c1-10-15(8,9)11(12,13(2,3)4)14(5,6)7/h10H,1H2,2-9H3. The Balaban J connectivity index is 5.75. The van der Waals surface area contributed by atoms with E-state index >= 15 is 0 Å². The van der Waals surface area contributed by atoms with Crippen molar-refractivity contribution in [3.63, 3.8) is 0 Å². The van der Waals surface area contributed by atoms with Crippen LogP contribution in [0.15, 0.2) is 12.3 Å². The fraction of sp³-hybridized carbons (Fsp3) is 0.818. The van der Waals surface area contributed by atoms with Crippen molar-refractivity contribution in [1.29, 1.82) is 0 Å². The van der Waals surface area contributed by atoms with Crippen LogP contribution in [-0.4, -0.2) is 26.5 Å². The van der Waals surface area contributed by atoms with Crippen molar-refractivity contribution >= 4 is 46.8 Å². The summed E-state index contributed by atoms with van der Waals surface area (Å²) < 4.78 is 0.590. The van der Waals surface area contributed by atoms with E-state index in [2.05, 4.69) is 87.2 Å². The SMILES string of the molecule is C=C[Si](C)(C)C(I)([Si](C)(C)C)[Si](C)(C)C. The summed E-state index contributed by atoms with van der Waals surface area (Å²) in [6.45, 7) is 24.4. The van der Waals surface area contributed by atoms with Gasteiger partial charge in [-0.15, -0.1) is 12.3 Å². The van der Waals surface area contributed by atoms with E-state index in [1.807, 2.05) is 0 Å². The van der Waals surface area contributed by atoms with E-state index < -0.39 is 24.2 Å². The van der Waals surface area contributed by atoms with E-state index in [-0.39, 0.29) is 0 Å². The Hall–Kier alpha value is 1.12. The Morgan fingerprint density at radius 2 is 1.13 bits per heavy atom. The molecule has 0 atom stereocenters. The van der Waals surface area contributed by atoms with Crippen LogP contribution in [0, 0.1) is 0 Å². The van der Waals surface area contributed by atoms with Gasteiger partial charge in [0.05, 0.1) is 24.2 Å². The third kappa shape index (κ3) is 2.69. The minimum atomic E-state index is -1.33. The van der Waals surface area contributed by atoms with Gasteiger partial charge in [-0.3, -0.25) is 0 Å². The number of hydrogen-bond donors (Lipinski definition) is 0. The van der Waals surface area contributed by atoms with Gasteiger partial charge in [0.2, 0.25) is 0 Å². The molecule has 0 bridgehead atoms. The van der Waals surface area contributed by atoms with Crippen molar-refractivity contribution in [3.8, 4) is 0 Å². The highest BCUT2D eigenvalue weighted by molar-refractivity contribution is 14.1. The molecular weight excluding hydrogens is 343 g/mol. The molecule has 0 fully saturated rings. The largest absolute Gasteiger partial charge is 0.107 e. The molecule has 0 rings (SSSR count). The Kier molecular flexibility index (Phi) is 4.75. The van der Waals surface area contributed by atoms with E-state index in [0.717, 1.165) is 0 Å². The molecule has 0 unspecified atom stereocenters. The molecule has 90 valence electrons. The van der Waals surface area contributed by atoms with Gasteiger partial charge >= 0.3 is 0 Å². The van der Waals surface area contributed by atoms with Gasteiger partial charge in [0.25, 0.3) is 0 Å². The zero-order chi connectivity index (χ0) is 12.7. The van der Waals surface area contributed by atoms with Crippen LogP contribution in [-0.2, 0) is 0 Å². The second-order valence-corrected chi connectivity index (χ2v) is 28.4. The number of alkyl halides is 1. The molecule has 0 N–H and O–H groups in total. The molecule has 0 radical (unpaired) electrons. The lowest BCUT2D eigenvalue weighted by molar-refractivity contribution is 1.34. The molecule has 0 aromatic carbocycles. The Morgan fingerprint density at radius 1 is 0.867 bits per heavy atom. The number of hydrogen-bond acceptors (Lipinski definition) is 0. The molecule has 0 aliphatic rings. The minimum absolute atomic E-state index is 0.590. The Labute approximate surface area is 113 Å². The van der Waals surface area contributed by atoms with Crippen LogP contribution in [0.5, 0.6) is 0 Å². The highest BCUT2D eigenvalue weighted by Gasteiger charge is 2.58. The molecule has 0 amide bonds. The molecule has 0 saturated carbocycles. The lowest BCUT2D eigenvalue weighted by atomic mass is 11.3. The van der Waals surface area contributed by atoms with Gasteiger partial charge in [0.15, 0.2) is 0 Å². The molecule has 0 aliphatic heterocycles. The third-order valence-electron chi connectivity index (χ3n) is 3.47. The quantitative estimate of drug-likeness (QED) is 0.376. The van der Waals surface area contributed by atoms with Gasteiger partial charge in [-0.2, -0.15) is 0 Å². The van der Waals surface area contributed by atoms with Gasteiger partial charge in [-0.25, -0.2) is 0 Å². The van der Waals surface area contributed by atoms with Crippen LogP contribution < -0.4 is 0 Å². The second-order valence-electron chi connectivity index (χ2n) is 7.08. The fourth-order valence-corrected chi connectivity index (χ4v) is 29.2. The summed E-state index contributed by atoms with van der Waals surface area (Å²) in [6, 6.07) is 0. The summed E-state index contributed by atoms with van der Waals surface area (Å²) in [5.74, 6) is 0. The van der Waals surface area contributed by atoms with Crippen molar-refractivity contribution < 1.29 is 0 Å². The van der Waals surface area contributed by atoms with Crippen LogP contribution in [0.3, 0.4) is 0 Å². The van der Waals surface area contributed by atoms with Gasteiger partial charge in [0, 0.05) is 2.29 Å². The maximum atomic E-state index is 4.13. The molecule has 0 aromatic rings. The van der Waals surface area contributed by atoms with Gasteiger partial charge < -0.3 is 0 Å². The first kappa shape index (κ1) is 16.1. The molecule has 0 aliphatic carbocycles. The van der Waals surface area contributed by atoms with Crippen LogP contribution in [0.25, 0.3) is 0 Å². The van der Waals surface area contributed by atoms with E-state index in [9.17, 15) is 0 Å². The molecular formula is C11H27ISi3. The molecule has 0 saturated heterocycles. The Morgan fingerprint density at radius 3 is 1.20 bits per heavy atom. The summed E-state index contributed by atoms with van der Waals surface area (Å²) >= 11 is 2.84. The number of rotatable bonds is 4. The second kappa shape index (κ2) is 4.42. The molecule has 0 aromatic heterocycles. The van der Waals surface area contributed by atoms with Crippen molar-refractivity contribution in [3.05, 3.63) is 12.3 Å². The molecule has 0 heterocycles.